The summed E-state index contributed by atoms with van der Waals surface area (Å²) in [6, 6.07) is 6.26. The minimum atomic E-state index is -4.21. The first-order valence-electron chi connectivity index (χ1n) is 5.30. The zero-order valence-corrected chi connectivity index (χ0v) is 9.92. The molecule has 2 nitrogen and oxygen atoms in total. The normalized spacial score (nSPS) is 11.9. The van der Waals surface area contributed by atoms with Crippen LogP contribution in [0.3, 0.4) is 0 Å². The Morgan fingerprint density at radius 1 is 1.18 bits per heavy atom. The number of rotatable bonds is 5. The summed E-state index contributed by atoms with van der Waals surface area (Å²) in [6.45, 7) is 1.04. The van der Waals surface area contributed by atoms with Crippen molar-refractivity contribution in [2.24, 2.45) is 0 Å². The first-order valence-corrected chi connectivity index (χ1v) is 5.30. The van der Waals surface area contributed by atoms with Crippen molar-refractivity contribution in [1.82, 2.24) is 4.90 Å². The Bertz CT molecular complexity index is 350. The van der Waals surface area contributed by atoms with Gasteiger partial charge < -0.3 is 9.64 Å². The minimum absolute atomic E-state index is 0.179. The third-order valence-electron chi connectivity index (χ3n) is 2.16. The monoisotopic (exact) mass is 247 g/mol. The largest absolute Gasteiger partial charge is 0.492 e. The predicted octanol–water partition coefficient (Wildman–Crippen LogP) is 2.73. The number of hydrogen-bond acceptors (Lipinski definition) is 2. The van der Waals surface area contributed by atoms with Crippen molar-refractivity contribution in [3.63, 3.8) is 0 Å². The average molecular weight is 247 g/mol. The van der Waals surface area contributed by atoms with Crippen LogP contribution in [0.5, 0.6) is 5.75 Å². The van der Waals surface area contributed by atoms with E-state index in [4.69, 9.17) is 4.74 Å². The van der Waals surface area contributed by atoms with Crippen molar-refractivity contribution in [1.29, 1.82) is 0 Å². The highest BCUT2D eigenvalue weighted by Gasteiger charge is 2.29. The molecule has 0 aliphatic rings. The third-order valence-corrected chi connectivity index (χ3v) is 2.16. The third kappa shape index (κ3) is 5.58. The Labute approximate surface area is 99.0 Å². The lowest BCUT2D eigenvalue weighted by Gasteiger charge is -2.14. The van der Waals surface area contributed by atoms with Crippen LogP contribution in [-0.4, -0.2) is 38.3 Å². The molecule has 0 unspecified atom stereocenters. The van der Waals surface area contributed by atoms with E-state index in [1.807, 2.05) is 19.0 Å². The molecule has 0 saturated carbocycles. The summed E-state index contributed by atoms with van der Waals surface area (Å²) < 4.78 is 42.3. The fourth-order valence-electron chi connectivity index (χ4n) is 1.34. The molecular formula is C12H16F3NO. The quantitative estimate of drug-likeness (QED) is 0.793. The van der Waals surface area contributed by atoms with Gasteiger partial charge in [-0.15, -0.1) is 0 Å². The first kappa shape index (κ1) is 13.8. The second-order valence-electron chi connectivity index (χ2n) is 4.05. The van der Waals surface area contributed by atoms with Gasteiger partial charge in [-0.3, -0.25) is 0 Å². The van der Waals surface area contributed by atoms with Gasteiger partial charge >= 0.3 is 6.18 Å². The number of halogens is 3. The van der Waals surface area contributed by atoms with Gasteiger partial charge in [0, 0.05) is 12.1 Å². The molecule has 96 valence electrons. The molecule has 0 fully saturated rings. The lowest BCUT2D eigenvalue weighted by Crippen LogP contribution is -2.20. The maximum atomic E-state index is 12.3. The van der Waals surface area contributed by atoms with Gasteiger partial charge in [-0.2, -0.15) is 13.2 Å². The van der Waals surface area contributed by atoms with Crippen molar-refractivity contribution >= 4 is 0 Å². The van der Waals surface area contributed by atoms with E-state index in [1.165, 1.54) is 6.07 Å². The van der Waals surface area contributed by atoms with Crippen molar-refractivity contribution in [3.05, 3.63) is 29.8 Å². The number of para-hydroxylation sites is 1. The fraction of sp³-hybridized carbons (Fsp3) is 0.500. The molecule has 0 saturated heterocycles. The average Bonchev–Trinajstić information content (AvgIpc) is 2.17. The van der Waals surface area contributed by atoms with Gasteiger partial charge in [-0.1, -0.05) is 18.2 Å². The lowest BCUT2D eigenvalue weighted by molar-refractivity contribution is -0.127. The van der Waals surface area contributed by atoms with Crippen LogP contribution in [-0.2, 0) is 6.42 Å². The summed E-state index contributed by atoms with van der Waals surface area (Å²) in [6.07, 6.45) is -5.16. The summed E-state index contributed by atoms with van der Waals surface area (Å²) in [4.78, 5) is 1.91. The van der Waals surface area contributed by atoms with Crippen LogP contribution < -0.4 is 4.74 Å². The van der Waals surface area contributed by atoms with E-state index in [0.717, 1.165) is 0 Å². The molecule has 0 atom stereocenters. The molecule has 0 heterocycles. The molecule has 0 N–H and O–H groups in total. The van der Waals surface area contributed by atoms with Gasteiger partial charge in [0.25, 0.3) is 0 Å². The van der Waals surface area contributed by atoms with Crippen molar-refractivity contribution in [3.8, 4) is 5.75 Å². The molecule has 17 heavy (non-hydrogen) atoms. The lowest BCUT2D eigenvalue weighted by atomic mass is 10.1. The van der Waals surface area contributed by atoms with Gasteiger partial charge in [0.15, 0.2) is 0 Å². The van der Waals surface area contributed by atoms with Crippen molar-refractivity contribution < 1.29 is 17.9 Å². The van der Waals surface area contributed by atoms with E-state index in [-0.39, 0.29) is 5.56 Å². The second kappa shape index (κ2) is 5.91. The van der Waals surface area contributed by atoms with Crippen LogP contribution in [0.15, 0.2) is 24.3 Å². The Hall–Kier alpha value is -1.23. The number of nitrogens with zero attached hydrogens (tertiary/aromatic N) is 1. The number of hydrogen-bond donors (Lipinski definition) is 0. The highest BCUT2D eigenvalue weighted by atomic mass is 19.4. The highest BCUT2D eigenvalue weighted by Crippen LogP contribution is 2.27. The number of ether oxygens (including phenoxy) is 1. The number of alkyl halides is 3. The van der Waals surface area contributed by atoms with Crippen LogP contribution in [0.25, 0.3) is 0 Å². The molecule has 1 rings (SSSR count). The highest BCUT2D eigenvalue weighted by molar-refractivity contribution is 5.33. The van der Waals surface area contributed by atoms with Gasteiger partial charge in [0.1, 0.15) is 12.4 Å². The van der Waals surface area contributed by atoms with E-state index in [2.05, 4.69) is 0 Å². The topological polar surface area (TPSA) is 12.5 Å². The molecule has 0 aliphatic heterocycles. The van der Waals surface area contributed by atoms with Crippen LogP contribution in [0.2, 0.25) is 0 Å². The Balaban J connectivity index is 2.64. The van der Waals surface area contributed by atoms with Crippen LogP contribution in [0.1, 0.15) is 5.56 Å². The second-order valence-corrected chi connectivity index (χ2v) is 4.05. The number of likely N-dealkylation sites (N-methyl/N-ethyl adjacent to an activating group) is 1. The summed E-state index contributed by atoms with van der Waals surface area (Å²) >= 11 is 0. The molecule has 0 aliphatic carbocycles. The van der Waals surface area contributed by atoms with Gasteiger partial charge in [-0.05, 0) is 20.2 Å². The van der Waals surface area contributed by atoms with Gasteiger partial charge in [0.05, 0.1) is 6.42 Å². The molecule has 0 radical (unpaired) electrons. The molecule has 1 aromatic rings. The Morgan fingerprint density at radius 3 is 2.41 bits per heavy atom. The molecule has 0 amide bonds. The molecule has 0 spiro atoms. The molecule has 0 bridgehead atoms. The van der Waals surface area contributed by atoms with Crippen molar-refractivity contribution in [2.45, 2.75) is 12.6 Å². The smallest absolute Gasteiger partial charge is 0.393 e. The van der Waals surface area contributed by atoms with Crippen molar-refractivity contribution in [2.75, 3.05) is 27.2 Å². The van der Waals surface area contributed by atoms with Crippen LogP contribution in [0, 0.1) is 0 Å². The molecule has 1 aromatic carbocycles. The van der Waals surface area contributed by atoms with Crippen LogP contribution >= 0.6 is 0 Å². The maximum Gasteiger partial charge on any atom is 0.393 e. The zero-order valence-electron chi connectivity index (χ0n) is 9.92. The summed E-state index contributed by atoms with van der Waals surface area (Å²) in [5, 5.41) is 0. The summed E-state index contributed by atoms with van der Waals surface area (Å²) in [7, 11) is 3.76. The van der Waals surface area contributed by atoms with Gasteiger partial charge in [-0.25, -0.2) is 0 Å². The molecule has 5 heteroatoms. The fourth-order valence-corrected chi connectivity index (χ4v) is 1.34. The van der Waals surface area contributed by atoms with E-state index >= 15 is 0 Å². The first-order chi connectivity index (χ1) is 7.88. The van der Waals surface area contributed by atoms with E-state index < -0.39 is 12.6 Å². The van der Waals surface area contributed by atoms with E-state index in [9.17, 15) is 13.2 Å². The SMILES string of the molecule is CN(C)CCOc1ccccc1CC(F)(F)F. The standard InChI is InChI=1S/C12H16F3NO/c1-16(2)7-8-17-11-6-4-3-5-10(11)9-12(13,14)15/h3-6H,7-9H2,1-2H3. The summed E-state index contributed by atoms with van der Waals surface area (Å²) in [5.74, 6) is 0.312. The minimum Gasteiger partial charge on any atom is -0.492 e. The zero-order chi connectivity index (χ0) is 12.9. The van der Waals surface area contributed by atoms with Gasteiger partial charge in [0.2, 0.25) is 0 Å². The number of benzene rings is 1. The predicted molar refractivity (Wildman–Crippen MR) is 60.3 cm³/mol. The molecular weight excluding hydrogens is 231 g/mol. The Kier molecular flexibility index (Phi) is 4.81. The van der Waals surface area contributed by atoms with E-state index in [0.29, 0.717) is 18.9 Å². The Morgan fingerprint density at radius 2 is 1.82 bits per heavy atom. The van der Waals surface area contributed by atoms with Crippen LogP contribution in [0.4, 0.5) is 13.2 Å². The summed E-state index contributed by atoms with van der Waals surface area (Å²) in [5.41, 5.74) is 0.179. The maximum absolute atomic E-state index is 12.3. The van der Waals surface area contributed by atoms with E-state index in [1.54, 1.807) is 18.2 Å². The molecule has 0 aromatic heterocycles.